The Labute approximate surface area is 145 Å². The van der Waals surface area contributed by atoms with Crippen molar-refractivity contribution in [3.8, 4) is 6.07 Å². The van der Waals surface area contributed by atoms with Gasteiger partial charge in [-0.1, -0.05) is 12.1 Å². The topological polar surface area (TPSA) is 109 Å². The summed E-state index contributed by atoms with van der Waals surface area (Å²) in [6.07, 6.45) is 1.38. The number of hydrogen-bond donors (Lipinski definition) is 1. The lowest BCUT2D eigenvalue weighted by molar-refractivity contribution is -0.147. The lowest BCUT2D eigenvalue weighted by Gasteiger charge is -2.14. The number of nitriles is 1. The van der Waals surface area contributed by atoms with Crippen LogP contribution in [0.3, 0.4) is 0 Å². The summed E-state index contributed by atoms with van der Waals surface area (Å²) in [5.41, 5.74) is 0.424. The minimum Gasteiger partial charge on any atom is -0.446 e. The molecule has 128 valence electrons. The number of carbonyl (C=O) groups is 1. The van der Waals surface area contributed by atoms with Crippen molar-refractivity contribution in [3.05, 3.63) is 29.8 Å². The van der Waals surface area contributed by atoms with E-state index >= 15 is 0 Å². The number of benzene rings is 1. The SMILES string of the molecule is CSCC[C@H](N=C1NS(=O)(=O)c2ccccc21)C(=O)O[C@H](C)C#N. The maximum atomic E-state index is 12.2. The van der Waals surface area contributed by atoms with Crippen LogP contribution in [0.25, 0.3) is 0 Å². The van der Waals surface area contributed by atoms with Crippen molar-refractivity contribution < 1.29 is 17.9 Å². The van der Waals surface area contributed by atoms with Gasteiger partial charge in [-0.05, 0) is 37.5 Å². The standard InChI is InChI=1S/C15H17N3O4S2/c1-10(9-16)22-15(19)12(7-8-23-2)17-14-11-5-3-4-6-13(11)24(20,21)18-14/h3-6,10,12H,7-8H2,1-2H3,(H,17,18)/t10-,12+/m1/s1. The highest BCUT2D eigenvalue weighted by molar-refractivity contribution is 7.98. The van der Waals surface area contributed by atoms with Crippen LogP contribution in [0.2, 0.25) is 0 Å². The predicted molar refractivity (Wildman–Crippen MR) is 91.3 cm³/mol. The number of aliphatic imine (C=N–C) groups is 1. The second-order valence-corrected chi connectivity index (χ2v) is 7.72. The third-order valence-corrected chi connectivity index (χ3v) is 5.33. The lowest BCUT2D eigenvalue weighted by Crippen LogP contribution is -2.30. The van der Waals surface area contributed by atoms with Gasteiger partial charge in [0.15, 0.2) is 12.1 Å². The second-order valence-electron chi connectivity index (χ2n) is 5.08. The Balaban J connectivity index is 2.34. The molecule has 9 heteroatoms. The van der Waals surface area contributed by atoms with Gasteiger partial charge in [0, 0.05) is 5.56 Å². The summed E-state index contributed by atoms with van der Waals surface area (Å²) >= 11 is 1.53. The number of nitrogens with zero attached hydrogens (tertiary/aromatic N) is 2. The van der Waals surface area contributed by atoms with Gasteiger partial charge in [0.05, 0.1) is 4.90 Å². The van der Waals surface area contributed by atoms with Crippen LogP contribution in [0.1, 0.15) is 18.9 Å². The number of rotatable bonds is 6. The largest absolute Gasteiger partial charge is 0.446 e. The molecule has 0 saturated heterocycles. The quantitative estimate of drug-likeness (QED) is 0.759. The number of nitrogens with one attached hydrogen (secondary N) is 1. The highest BCUT2D eigenvalue weighted by Gasteiger charge is 2.32. The van der Waals surface area contributed by atoms with Gasteiger partial charge in [-0.3, -0.25) is 9.71 Å². The van der Waals surface area contributed by atoms with E-state index in [4.69, 9.17) is 10.00 Å². The summed E-state index contributed by atoms with van der Waals surface area (Å²) < 4.78 is 31.6. The number of amidine groups is 1. The number of hydrogen-bond acceptors (Lipinski definition) is 7. The molecule has 1 aliphatic rings. The van der Waals surface area contributed by atoms with Crippen LogP contribution in [-0.2, 0) is 19.6 Å². The van der Waals surface area contributed by atoms with Gasteiger partial charge in [-0.2, -0.15) is 17.0 Å². The van der Waals surface area contributed by atoms with Crippen molar-refractivity contribution >= 4 is 33.6 Å². The van der Waals surface area contributed by atoms with Crippen LogP contribution in [0.4, 0.5) is 0 Å². The van der Waals surface area contributed by atoms with Gasteiger partial charge < -0.3 is 4.74 Å². The second kappa shape index (κ2) is 7.68. The summed E-state index contributed by atoms with van der Waals surface area (Å²) in [6.45, 7) is 1.46. The Morgan fingerprint density at radius 3 is 2.83 bits per heavy atom. The van der Waals surface area contributed by atoms with Crippen LogP contribution in [0.15, 0.2) is 34.2 Å². The molecule has 0 spiro atoms. The third kappa shape index (κ3) is 4.07. The molecule has 2 atom stereocenters. The Morgan fingerprint density at radius 1 is 1.46 bits per heavy atom. The lowest BCUT2D eigenvalue weighted by atomic mass is 10.2. The fraction of sp³-hybridized carbons (Fsp3) is 0.400. The zero-order valence-corrected chi connectivity index (χ0v) is 14.9. The van der Waals surface area contributed by atoms with Gasteiger partial charge in [0.25, 0.3) is 10.0 Å². The average Bonchev–Trinajstić information content (AvgIpc) is 2.82. The highest BCUT2D eigenvalue weighted by atomic mass is 32.2. The first-order valence-electron chi connectivity index (χ1n) is 7.18. The number of ether oxygens (including phenoxy) is 1. The molecule has 0 amide bonds. The van der Waals surface area contributed by atoms with Gasteiger partial charge in [0.1, 0.15) is 11.9 Å². The Hall–Kier alpha value is -2.05. The molecule has 1 aromatic rings. The first-order valence-corrected chi connectivity index (χ1v) is 10.1. The third-order valence-electron chi connectivity index (χ3n) is 3.29. The molecule has 0 fully saturated rings. The summed E-state index contributed by atoms with van der Waals surface area (Å²) in [7, 11) is -3.66. The maximum Gasteiger partial charge on any atom is 0.332 e. The van der Waals surface area contributed by atoms with Crippen molar-refractivity contribution in [1.82, 2.24) is 4.72 Å². The van der Waals surface area contributed by atoms with Crippen molar-refractivity contribution in [2.75, 3.05) is 12.0 Å². The molecule has 7 nitrogen and oxygen atoms in total. The first-order chi connectivity index (χ1) is 11.4. The molecule has 1 aliphatic heterocycles. The summed E-state index contributed by atoms with van der Waals surface area (Å²) in [4.78, 5) is 16.6. The van der Waals surface area contributed by atoms with Crippen LogP contribution in [0, 0.1) is 11.3 Å². The number of carbonyl (C=O) groups excluding carboxylic acids is 1. The Bertz CT molecular complexity index is 799. The van der Waals surface area contributed by atoms with E-state index < -0.39 is 28.1 Å². The summed E-state index contributed by atoms with van der Waals surface area (Å²) in [5.74, 6) is 0.124. The van der Waals surface area contributed by atoms with E-state index in [1.165, 1.54) is 24.8 Å². The molecule has 1 aromatic carbocycles. The highest BCUT2D eigenvalue weighted by Crippen LogP contribution is 2.23. The van der Waals surface area contributed by atoms with E-state index in [1.807, 2.05) is 12.3 Å². The number of fused-ring (bicyclic) bond motifs is 1. The molecular weight excluding hydrogens is 350 g/mol. The van der Waals surface area contributed by atoms with Gasteiger partial charge >= 0.3 is 5.97 Å². The minimum absolute atomic E-state index is 0.123. The minimum atomic E-state index is -3.66. The zero-order valence-electron chi connectivity index (χ0n) is 13.2. The molecule has 1 N–H and O–H groups in total. The molecule has 0 bridgehead atoms. The van der Waals surface area contributed by atoms with Crippen molar-refractivity contribution in [2.24, 2.45) is 4.99 Å². The number of thioether (sulfide) groups is 1. The molecule has 0 saturated carbocycles. The van der Waals surface area contributed by atoms with Crippen LogP contribution >= 0.6 is 11.8 Å². The first kappa shape index (κ1) is 18.3. The maximum absolute atomic E-state index is 12.2. The summed E-state index contributed by atoms with van der Waals surface area (Å²) in [6, 6.07) is 7.37. The van der Waals surface area contributed by atoms with Crippen molar-refractivity contribution in [1.29, 1.82) is 5.26 Å². The van der Waals surface area contributed by atoms with Crippen LogP contribution < -0.4 is 4.72 Å². The molecule has 0 unspecified atom stereocenters. The van der Waals surface area contributed by atoms with Crippen molar-refractivity contribution in [3.63, 3.8) is 0 Å². The fourth-order valence-electron chi connectivity index (χ4n) is 2.13. The van der Waals surface area contributed by atoms with Gasteiger partial charge in [-0.15, -0.1) is 0 Å². The summed E-state index contributed by atoms with van der Waals surface area (Å²) in [5, 5.41) is 8.77. The molecular formula is C15H17N3O4S2. The predicted octanol–water partition coefficient (Wildman–Crippen LogP) is 1.30. The van der Waals surface area contributed by atoms with E-state index in [1.54, 1.807) is 18.2 Å². The smallest absolute Gasteiger partial charge is 0.332 e. The molecule has 1 heterocycles. The number of sulfonamides is 1. The Morgan fingerprint density at radius 2 is 2.17 bits per heavy atom. The van der Waals surface area contributed by atoms with E-state index in [0.29, 0.717) is 17.7 Å². The monoisotopic (exact) mass is 367 g/mol. The fourth-order valence-corrected chi connectivity index (χ4v) is 3.83. The van der Waals surface area contributed by atoms with Gasteiger partial charge in [-0.25, -0.2) is 13.2 Å². The number of esters is 1. The molecule has 24 heavy (non-hydrogen) atoms. The Kier molecular flexibility index (Phi) is 5.85. The van der Waals surface area contributed by atoms with E-state index in [-0.39, 0.29) is 10.7 Å². The molecule has 2 rings (SSSR count). The van der Waals surface area contributed by atoms with Gasteiger partial charge in [0.2, 0.25) is 0 Å². The zero-order chi connectivity index (χ0) is 17.7. The normalized spacial score (nSPS) is 19.0. The molecule has 0 radical (unpaired) electrons. The van der Waals surface area contributed by atoms with Crippen LogP contribution in [-0.4, -0.2) is 44.4 Å². The van der Waals surface area contributed by atoms with Crippen LogP contribution in [0.5, 0.6) is 0 Å². The molecule has 0 aromatic heterocycles. The van der Waals surface area contributed by atoms with E-state index in [2.05, 4.69) is 9.71 Å². The average molecular weight is 367 g/mol. The molecule has 0 aliphatic carbocycles. The van der Waals surface area contributed by atoms with E-state index in [9.17, 15) is 13.2 Å². The van der Waals surface area contributed by atoms with Crippen molar-refractivity contribution in [2.45, 2.75) is 30.4 Å². The van der Waals surface area contributed by atoms with E-state index in [0.717, 1.165) is 0 Å².